The van der Waals surface area contributed by atoms with Gasteiger partial charge in [0.15, 0.2) is 0 Å². The molecule has 6 nitrogen and oxygen atoms in total. The van der Waals surface area contributed by atoms with Crippen LogP contribution >= 0.6 is 0 Å². The Morgan fingerprint density at radius 1 is 0.788 bits per heavy atom. The largest absolute Gasteiger partial charge is 0.475 e. The Kier molecular flexibility index (Phi) is 5.81. The molecule has 3 aromatic carbocycles. The summed E-state index contributed by atoms with van der Waals surface area (Å²) >= 11 is 0. The lowest BCUT2D eigenvalue weighted by molar-refractivity contribution is 0.292. The number of ether oxygens (including phenoxy) is 1. The topological polar surface area (TPSA) is 72.3 Å². The van der Waals surface area contributed by atoms with Crippen LogP contribution in [0.4, 0.5) is 11.6 Å². The van der Waals surface area contributed by atoms with Crippen LogP contribution in [0.3, 0.4) is 0 Å². The number of anilines is 2. The van der Waals surface area contributed by atoms with E-state index in [1.807, 2.05) is 84.9 Å². The summed E-state index contributed by atoms with van der Waals surface area (Å²) in [6, 6.07) is 28.1. The average molecular weight is 436 g/mol. The molecule has 5 rings (SSSR count). The molecule has 1 aliphatic rings. The lowest BCUT2D eigenvalue weighted by Gasteiger charge is -2.13. The summed E-state index contributed by atoms with van der Waals surface area (Å²) < 4.78 is 5.91. The van der Waals surface area contributed by atoms with E-state index in [2.05, 4.69) is 29.4 Å². The third kappa shape index (κ3) is 4.46. The summed E-state index contributed by atoms with van der Waals surface area (Å²) in [5.74, 6) is 1.49. The fourth-order valence-corrected chi connectivity index (χ4v) is 3.74. The van der Waals surface area contributed by atoms with E-state index < -0.39 is 0 Å². The number of hydrogen-bond donors (Lipinski definition) is 1. The van der Waals surface area contributed by atoms with Crippen molar-refractivity contribution in [2.45, 2.75) is 19.9 Å². The highest BCUT2D eigenvalue weighted by molar-refractivity contribution is 6.01. The van der Waals surface area contributed by atoms with Gasteiger partial charge in [-0.3, -0.25) is 0 Å². The Balaban J connectivity index is 1.53. The van der Waals surface area contributed by atoms with E-state index in [1.165, 1.54) is 0 Å². The van der Waals surface area contributed by atoms with Gasteiger partial charge in [0.25, 0.3) is 0 Å². The molecule has 0 saturated carbocycles. The smallest absolute Gasteiger partial charge is 0.247 e. The number of nitrogens with zero attached hydrogens (tertiary/aromatic N) is 4. The molecule has 164 valence electrons. The second kappa shape index (κ2) is 9.20. The van der Waals surface area contributed by atoms with Crippen molar-refractivity contribution >= 4 is 17.5 Å². The van der Waals surface area contributed by atoms with Crippen molar-refractivity contribution in [1.29, 1.82) is 0 Å². The fourth-order valence-electron chi connectivity index (χ4n) is 3.74. The predicted molar refractivity (Wildman–Crippen MR) is 132 cm³/mol. The van der Waals surface area contributed by atoms with Crippen molar-refractivity contribution < 1.29 is 4.74 Å². The van der Waals surface area contributed by atoms with Crippen molar-refractivity contribution in [3.63, 3.8) is 0 Å². The Morgan fingerprint density at radius 2 is 1.42 bits per heavy atom. The van der Waals surface area contributed by atoms with Crippen LogP contribution in [0.25, 0.3) is 22.5 Å². The first-order chi connectivity index (χ1) is 16.2. The van der Waals surface area contributed by atoms with Gasteiger partial charge >= 0.3 is 0 Å². The number of aliphatic imine (C=N–C) groups is 1. The van der Waals surface area contributed by atoms with Gasteiger partial charge in [-0.15, -0.1) is 10.2 Å². The van der Waals surface area contributed by atoms with Crippen molar-refractivity contribution in [3.05, 3.63) is 90.5 Å². The van der Waals surface area contributed by atoms with E-state index in [0.717, 1.165) is 33.8 Å². The minimum atomic E-state index is 0.167. The number of nitrogens with one attached hydrogen (secondary N) is 1. The standard InChI is InChI=1S/C27H25N5O/c1-18(2)23-17-33-26(28-23)21-15-9-10-16-22(21)29-27-30-24(19-11-5-3-6-12-19)25(31-32-27)20-13-7-4-8-14-20/h3-16,18,23H,17H2,1-2H3,(H,29,30,32)/t23-/m1/s1. The Labute approximate surface area is 193 Å². The van der Waals surface area contributed by atoms with E-state index in [4.69, 9.17) is 14.7 Å². The van der Waals surface area contributed by atoms with Gasteiger partial charge in [0.2, 0.25) is 11.8 Å². The van der Waals surface area contributed by atoms with Crippen LogP contribution in [-0.2, 0) is 4.74 Å². The molecule has 0 saturated heterocycles. The maximum Gasteiger partial charge on any atom is 0.247 e. The minimum absolute atomic E-state index is 0.167. The molecule has 4 aromatic rings. The van der Waals surface area contributed by atoms with Crippen LogP contribution < -0.4 is 5.32 Å². The molecule has 1 aromatic heterocycles. The van der Waals surface area contributed by atoms with E-state index in [-0.39, 0.29) is 6.04 Å². The zero-order valence-corrected chi connectivity index (χ0v) is 18.6. The summed E-state index contributed by atoms with van der Waals surface area (Å²) in [7, 11) is 0. The molecular weight excluding hydrogens is 410 g/mol. The third-order valence-corrected chi connectivity index (χ3v) is 5.63. The van der Waals surface area contributed by atoms with Crippen molar-refractivity contribution in [2.24, 2.45) is 10.9 Å². The number of benzene rings is 3. The normalized spacial score (nSPS) is 15.2. The number of hydrogen-bond acceptors (Lipinski definition) is 6. The molecule has 0 unspecified atom stereocenters. The molecule has 1 aliphatic heterocycles. The molecule has 6 heteroatoms. The monoisotopic (exact) mass is 435 g/mol. The average Bonchev–Trinajstić information content (AvgIpc) is 3.36. The molecule has 0 amide bonds. The molecular formula is C27H25N5O. The quantitative estimate of drug-likeness (QED) is 0.417. The molecule has 1 atom stereocenters. The van der Waals surface area contributed by atoms with Crippen LogP contribution in [-0.4, -0.2) is 33.7 Å². The molecule has 2 heterocycles. The van der Waals surface area contributed by atoms with Crippen molar-refractivity contribution in [3.8, 4) is 22.5 Å². The maximum atomic E-state index is 5.91. The molecule has 0 radical (unpaired) electrons. The Hall–Kier alpha value is -4.06. The van der Waals surface area contributed by atoms with E-state index in [9.17, 15) is 0 Å². The summed E-state index contributed by atoms with van der Waals surface area (Å²) in [5.41, 5.74) is 5.17. The van der Waals surface area contributed by atoms with E-state index in [0.29, 0.717) is 24.4 Å². The van der Waals surface area contributed by atoms with Crippen LogP contribution in [0.15, 0.2) is 89.9 Å². The second-order valence-electron chi connectivity index (χ2n) is 8.29. The molecule has 33 heavy (non-hydrogen) atoms. The second-order valence-corrected chi connectivity index (χ2v) is 8.29. The number of para-hydroxylation sites is 1. The first kappa shape index (κ1) is 20.8. The highest BCUT2D eigenvalue weighted by atomic mass is 16.5. The van der Waals surface area contributed by atoms with Gasteiger partial charge < -0.3 is 10.1 Å². The first-order valence-electron chi connectivity index (χ1n) is 11.1. The molecule has 0 spiro atoms. The first-order valence-corrected chi connectivity index (χ1v) is 11.1. The van der Waals surface area contributed by atoms with Gasteiger partial charge in [-0.05, 0) is 18.1 Å². The van der Waals surface area contributed by atoms with E-state index >= 15 is 0 Å². The van der Waals surface area contributed by atoms with Gasteiger partial charge in [-0.2, -0.15) is 0 Å². The van der Waals surface area contributed by atoms with Crippen LogP contribution in [0.1, 0.15) is 19.4 Å². The van der Waals surface area contributed by atoms with Gasteiger partial charge in [-0.25, -0.2) is 9.98 Å². The van der Waals surface area contributed by atoms with E-state index in [1.54, 1.807) is 0 Å². The summed E-state index contributed by atoms with van der Waals surface area (Å²) in [4.78, 5) is 9.64. The van der Waals surface area contributed by atoms with Gasteiger partial charge in [0, 0.05) is 11.1 Å². The maximum absolute atomic E-state index is 5.91. The molecule has 0 bridgehead atoms. The van der Waals surface area contributed by atoms with Crippen molar-refractivity contribution in [1.82, 2.24) is 15.2 Å². The fraction of sp³-hybridized carbons (Fsp3) is 0.185. The Bertz CT molecular complexity index is 1270. The van der Waals surface area contributed by atoms with Gasteiger partial charge in [0.1, 0.15) is 18.0 Å². The summed E-state index contributed by atoms with van der Waals surface area (Å²) in [6.45, 7) is 4.91. The third-order valence-electron chi connectivity index (χ3n) is 5.63. The lowest BCUT2D eigenvalue weighted by Crippen LogP contribution is -2.13. The SMILES string of the molecule is CC(C)[C@H]1COC(c2ccccc2Nc2nnc(-c3ccccc3)c(-c3ccccc3)n2)=N1. The highest BCUT2D eigenvalue weighted by Crippen LogP contribution is 2.30. The molecule has 0 fully saturated rings. The summed E-state index contributed by atoms with van der Waals surface area (Å²) in [6.07, 6.45) is 0. The number of rotatable bonds is 6. The minimum Gasteiger partial charge on any atom is -0.475 e. The van der Waals surface area contributed by atoms with Gasteiger partial charge in [-0.1, -0.05) is 86.6 Å². The lowest BCUT2D eigenvalue weighted by atomic mass is 10.0. The molecule has 1 N–H and O–H groups in total. The molecule has 0 aliphatic carbocycles. The van der Waals surface area contributed by atoms with Crippen LogP contribution in [0, 0.1) is 5.92 Å². The summed E-state index contributed by atoms with van der Waals surface area (Å²) in [5, 5.41) is 12.3. The van der Waals surface area contributed by atoms with Crippen molar-refractivity contribution in [2.75, 3.05) is 11.9 Å². The van der Waals surface area contributed by atoms with Crippen LogP contribution in [0.5, 0.6) is 0 Å². The highest BCUT2D eigenvalue weighted by Gasteiger charge is 2.24. The predicted octanol–water partition coefficient (Wildman–Crippen LogP) is 5.75. The van der Waals surface area contributed by atoms with Gasteiger partial charge in [0.05, 0.1) is 17.3 Å². The Morgan fingerprint density at radius 3 is 2.09 bits per heavy atom. The number of aromatic nitrogens is 3. The zero-order chi connectivity index (χ0) is 22.6. The van der Waals surface area contributed by atoms with Crippen LogP contribution in [0.2, 0.25) is 0 Å². The zero-order valence-electron chi connectivity index (χ0n) is 18.6.